The first kappa shape index (κ1) is 13.1. The average molecular weight is 355 g/mol. The van der Waals surface area contributed by atoms with Crippen LogP contribution >= 0.6 is 22.6 Å². The normalized spacial score (nSPS) is 10.3. The summed E-state index contributed by atoms with van der Waals surface area (Å²) >= 11 is 2.00. The van der Waals surface area contributed by atoms with Crippen LogP contribution in [-0.2, 0) is 6.54 Å². The monoisotopic (exact) mass is 355 g/mol. The summed E-state index contributed by atoms with van der Waals surface area (Å²) in [6.07, 6.45) is 3.15. The molecule has 0 aliphatic heterocycles. The van der Waals surface area contributed by atoms with E-state index in [1.54, 1.807) is 17.1 Å². The van der Waals surface area contributed by atoms with E-state index in [0.29, 0.717) is 16.7 Å². The number of benzene rings is 1. The fourth-order valence-corrected chi connectivity index (χ4v) is 2.14. The van der Waals surface area contributed by atoms with Gasteiger partial charge in [0.1, 0.15) is 0 Å². The molecule has 2 rings (SSSR count). The minimum Gasteiger partial charge on any atom is -0.383 e. The molecule has 1 heterocycles. The SMILES string of the molecule is Cc1ccccc1NCCn1cncc(I)c1=O. The van der Waals surface area contributed by atoms with Crippen molar-refractivity contribution in [3.05, 3.63) is 56.3 Å². The number of nitrogens with zero attached hydrogens (tertiary/aromatic N) is 2. The predicted octanol–water partition coefficient (Wildman–Crippen LogP) is 2.27. The first-order chi connectivity index (χ1) is 8.68. The number of halogens is 1. The van der Waals surface area contributed by atoms with Gasteiger partial charge in [0.2, 0.25) is 0 Å². The highest BCUT2D eigenvalue weighted by molar-refractivity contribution is 14.1. The molecule has 0 fully saturated rings. The van der Waals surface area contributed by atoms with Gasteiger partial charge in [-0.15, -0.1) is 0 Å². The van der Waals surface area contributed by atoms with Crippen molar-refractivity contribution in [3.8, 4) is 0 Å². The lowest BCUT2D eigenvalue weighted by atomic mass is 10.2. The summed E-state index contributed by atoms with van der Waals surface area (Å²) in [6, 6.07) is 8.09. The molecule has 2 aromatic rings. The summed E-state index contributed by atoms with van der Waals surface area (Å²) in [6.45, 7) is 3.37. The number of hydrogen-bond donors (Lipinski definition) is 1. The van der Waals surface area contributed by atoms with Gasteiger partial charge in [0.25, 0.3) is 5.56 Å². The molecular formula is C13H14IN3O. The zero-order chi connectivity index (χ0) is 13.0. The maximum absolute atomic E-state index is 11.8. The van der Waals surface area contributed by atoms with Crippen molar-refractivity contribution in [3.63, 3.8) is 0 Å². The molecule has 0 atom stereocenters. The van der Waals surface area contributed by atoms with Crippen LogP contribution in [-0.4, -0.2) is 16.1 Å². The Hall–Kier alpha value is -1.37. The van der Waals surface area contributed by atoms with Crippen LogP contribution in [0.25, 0.3) is 0 Å². The third kappa shape index (κ3) is 3.10. The van der Waals surface area contributed by atoms with E-state index in [1.165, 1.54) is 5.56 Å². The molecule has 1 N–H and O–H groups in total. The highest BCUT2D eigenvalue weighted by Crippen LogP contribution is 2.12. The van der Waals surface area contributed by atoms with Gasteiger partial charge >= 0.3 is 0 Å². The molecule has 18 heavy (non-hydrogen) atoms. The molecule has 4 nitrogen and oxygen atoms in total. The minimum atomic E-state index is 0.0113. The van der Waals surface area contributed by atoms with Gasteiger partial charge < -0.3 is 5.32 Å². The number of para-hydroxylation sites is 1. The highest BCUT2D eigenvalue weighted by Gasteiger charge is 2.00. The molecule has 0 bridgehead atoms. The van der Waals surface area contributed by atoms with Gasteiger partial charge in [-0.3, -0.25) is 9.36 Å². The van der Waals surface area contributed by atoms with Crippen molar-refractivity contribution >= 4 is 28.3 Å². The molecule has 1 aromatic heterocycles. The Bertz CT molecular complexity index is 595. The van der Waals surface area contributed by atoms with Crippen LogP contribution in [0.15, 0.2) is 41.6 Å². The molecule has 0 saturated heterocycles. The molecule has 0 saturated carbocycles. The van der Waals surface area contributed by atoms with Crippen molar-refractivity contribution in [2.75, 3.05) is 11.9 Å². The minimum absolute atomic E-state index is 0.0113. The maximum atomic E-state index is 11.8. The van der Waals surface area contributed by atoms with Crippen LogP contribution in [0.5, 0.6) is 0 Å². The molecule has 0 radical (unpaired) electrons. The van der Waals surface area contributed by atoms with E-state index in [0.717, 1.165) is 5.69 Å². The summed E-state index contributed by atoms with van der Waals surface area (Å²) in [5, 5.41) is 3.32. The summed E-state index contributed by atoms with van der Waals surface area (Å²) < 4.78 is 2.26. The van der Waals surface area contributed by atoms with Crippen LogP contribution in [0, 0.1) is 10.5 Å². The van der Waals surface area contributed by atoms with Gasteiger partial charge in [0.15, 0.2) is 0 Å². The second-order valence-electron chi connectivity index (χ2n) is 3.98. The molecule has 5 heteroatoms. The van der Waals surface area contributed by atoms with Gasteiger partial charge in [-0.2, -0.15) is 0 Å². The first-order valence-electron chi connectivity index (χ1n) is 5.68. The number of aromatic nitrogens is 2. The smallest absolute Gasteiger partial charge is 0.266 e. The number of anilines is 1. The van der Waals surface area contributed by atoms with Crippen molar-refractivity contribution in [1.82, 2.24) is 9.55 Å². The van der Waals surface area contributed by atoms with Crippen molar-refractivity contribution in [2.45, 2.75) is 13.5 Å². The molecule has 1 aromatic carbocycles. The van der Waals surface area contributed by atoms with Crippen LogP contribution in [0.4, 0.5) is 5.69 Å². The lowest BCUT2D eigenvalue weighted by molar-refractivity contribution is 0.676. The third-order valence-corrected chi connectivity index (χ3v) is 3.41. The van der Waals surface area contributed by atoms with Crippen LogP contribution in [0.1, 0.15) is 5.56 Å². The lowest BCUT2D eigenvalue weighted by Crippen LogP contribution is -2.25. The first-order valence-corrected chi connectivity index (χ1v) is 6.76. The fourth-order valence-electron chi connectivity index (χ4n) is 1.67. The Labute approximate surface area is 119 Å². The summed E-state index contributed by atoms with van der Waals surface area (Å²) in [4.78, 5) is 15.8. The zero-order valence-corrected chi connectivity index (χ0v) is 12.2. The van der Waals surface area contributed by atoms with E-state index in [4.69, 9.17) is 0 Å². The zero-order valence-electron chi connectivity index (χ0n) is 10.1. The van der Waals surface area contributed by atoms with Gasteiger partial charge in [-0.05, 0) is 41.1 Å². The van der Waals surface area contributed by atoms with Gasteiger partial charge in [-0.25, -0.2) is 4.98 Å². The van der Waals surface area contributed by atoms with Gasteiger partial charge in [0, 0.05) is 25.0 Å². The van der Waals surface area contributed by atoms with Crippen molar-refractivity contribution in [2.24, 2.45) is 0 Å². The van der Waals surface area contributed by atoms with Crippen LogP contribution in [0.3, 0.4) is 0 Å². The van der Waals surface area contributed by atoms with E-state index in [-0.39, 0.29) is 5.56 Å². The standard InChI is InChI=1S/C13H14IN3O/c1-10-4-2-3-5-12(10)16-6-7-17-9-15-8-11(14)13(17)18/h2-5,8-9,16H,6-7H2,1H3. The molecule has 0 amide bonds. The van der Waals surface area contributed by atoms with E-state index in [1.807, 2.05) is 40.8 Å². The summed E-state index contributed by atoms with van der Waals surface area (Å²) in [5.41, 5.74) is 2.31. The topological polar surface area (TPSA) is 46.9 Å². The third-order valence-electron chi connectivity index (χ3n) is 2.67. The molecule has 0 aliphatic rings. The Morgan fingerprint density at radius 3 is 2.94 bits per heavy atom. The lowest BCUT2D eigenvalue weighted by Gasteiger charge is -2.10. The van der Waals surface area contributed by atoms with Gasteiger partial charge in [0.05, 0.1) is 9.90 Å². The predicted molar refractivity (Wildman–Crippen MR) is 80.9 cm³/mol. The highest BCUT2D eigenvalue weighted by atomic mass is 127. The number of aryl methyl sites for hydroxylation is 1. The average Bonchev–Trinajstić information content (AvgIpc) is 2.37. The molecule has 0 unspecified atom stereocenters. The van der Waals surface area contributed by atoms with Crippen LogP contribution < -0.4 is 10.9 Å². The number of rotatable bonds is 4. The van der Waals surface area contributed by atoms with Gasteiger partial charge in [-0.1, -0.05) is 18.2 Å². The molecule has 0 spiro atoms. The quantitative estimate of drug-likeness (QED) is 0.856. The fraction of sp³-hybridized carbons (Fsp3) is 0.231. The number of hydrogen-bond acceptors (Lipinski definition) is 3. The second kappa shape index (κ2) is 5.99. The Kier molecular flexibility index (Phi) is 4.35. The van der Waals surface area contributed by atoms with E-state index in [9.17, 15) is 4.79 Å². The largest absolute Gasteiger partial charge is 0.383 e. The van der Waals surface area contributed by atoms with Crippen molar-refractivity contribution < 1.29 is 0 Å². The van der Waals surface area contributed by atoms with E-state index < -0.39 is 0 Å². The van der Waals surface area contributed by atoms with E-state index >= 15 is 0 Å². The second-order valence-corrected chi connectivity index (χ2v) is 5.14. The molecular weight excluding hydrogens is 341 g/mol. The van der Waals surface area contributed by atoms with Crippen LogP contribution in [0.2, 0.25) is 0 Å². The maximum Gasteiger partial charge on any atom is 0.266 e. The molecule has 0 aliphatic carbocycles. The summed E-state index contributed by atoms with van der Waals surface area (Å²) in [5.74, 6) is 0. The summed E-state index contributed by atoms with van der Waals surface area (Å²) in [7, 11) is 0. The number of nitrogens with one attached hydrogen (secondary N) is 1. The molecule has 94 valence electrons. The Morgan fingerprint density at radius 1 is 1.39 bits per heavy atom. The van der Waals surface area contributed by atoms with Crippen molar-refractivity contribution in [1.29, 1.82) is 0 Å². The Morgan fingerprint density at radius 2 is 2.17 bits per heavy atom. The Balaban J connectivity index is 1.99. The van der Waals surface area contributed by atoms with E-state index in [2.05, 4.69) is 23.3 Å².